The second-order valence-corrected chi connectivity index (χ2v) is 7.96. The molecule has 1 aliphatic heterocycles. The minimum Gasteiger partial charge on any atom is -0.383 e. The highest BCUT2D eigenvalue weighted by Gasteiger charge is 2.28. The van der Waals surface area contributed by atoms with E-state index in [9.17, 15) is 4.79 Å². The van der Waals surface area contributed by atoms with Crippen molar-refractivity contribution in [2.45, 2.75) is 44.9 Å². The van der Waals surface area contributed by atoms with Crippen LogP contribution in [-0.4, -0.2) is 45.5 Å². The molecule has 0 saturated heterocycles. The van der Waals surface area contributed by atoms with Crippen LogP contribution in [0, 0.1) is 0 Å². The minimum absolute atomic E-state index is 0.00537. The van der Waals surface area contributed by atoms with Gasteiger partial charge < -0.3 is 19.5 Å². The average molecular weight is 393 g/mol. The summed E-state index contributed by atoms with van der Waals surface area (Å²) in [4.78, 5) is 15.0. The van der Waals surface area contributed by atoms with E-state index >= 15 is 0 Å². The molecule has 2 aliphatic rings. The molecular weight excluding hydrogens is 366 g/mol. The second-order valence-electron chi connectivity index (χ2n) is 7.96. The van der Waals surface area contributed by atoms with Crippen LogP contribution in [0.4, 0.5) is 4.79 Å². The summed E-state index contributed by atoms with van der Waals surface area (Å²) < 4.78 is 9.43. The molecular formula is C22H27N5O2. The quantitative estimate of drug-likeness (QED) is 0.741. The Morgan fingerprint density at radius 1 is 1.31 bits per heavy atom. The molecule has 1 N–H and O–H groups in total. The Balaban J connectivity index is 1.30. The maximum absolute atomic E-state index is 13.0. The average Bonchev–Trinajstić information content (AvgIpc) is 3.33. The summed E-state index contributed by atoms with van der Waals surface area (Å²) >= 11 is 0. The Hall–Kier alpha value is -2.80. The second kappa shape index (κ2) is 7.55. The number of ether oxygens (including phenoxy) is 1. The van der Waals surface area contributed by atoms with Crippen LogP contribution in [-0.2, 0) is 30.8 Å². The first-order valence-corrected chi connectivity index (χ1v) is 10.4. The van der Waals surface area contributed by atoms with Crippen LogP contribution in [0.2, 0.25) is 0 Å². The Bertz CT molecular complexity index is 1040. The lowest BCUT2D eigenvalue weighted by molar-refractivity contribution is 0.178. The third-order valence-electron chi connectivity index (χ3n) is 6.09. The van der Waals surface area contributed by atoms with Crippen molar-refractivity contribution in [1.29, 1.82) is 0 Å². The number of nitrogens with one attached hydrogen (secondary N) is 1. The van der Waals surface area contributed by atoms with Gasteiger partial charge in [0.25, 0.3) is 0 Å². The van der Waals surface area contributed by atoms with Gasteiger partial charge in [-0.3, -0.25) is 4.68 Å². The molecule has 29 heavy (non-hydrogen) atoms. The number of urea groups is 1. The molecule has 7 heteroatoms. The lowest BCUT2D eigenvalue weighted by atomic mass is 9.94. The van der Waals surface area contributed by atoms with Crippen molar-refractivity contribution in [1.82, 2.24) is 24.6 Å². The van der Waals surface area contributed by atoms with Gasteiger partial charge in [-0.2, -0.15) is 5.10 Å². The number of amides is 2. The molecule has 3 heterocycles. The zero-order valence-electron chi connectivity index (χ0n) is 16.8. The summed E-state index contributed by atoms with van der Waals surface area (Å²) in [5.41, 5.74) is 4.71. The Morgan fingerprint density at radius 2 is 2.21 bits per heavy atom. The molecule has 1 aromatic carbocycles. The molecule has 7 nitrogen and oxygen atoms in total. The number of carbonyl (C=O) groups excluding carboxylic acids is 1. The van der Waals surface area contributed by atoms with E-state index in [0.717, 1.165) is 44.6 Å². The molecule has 0 bridgehead atoms. The summed E-state index contributed by atoms with van der Waals surface area (Å²) in [5, 5.41) is 9.22. The molecule has 3 aromatic rings. The molecule has 2 aromatic heterocycles. The molecule has 0 saturated carbocycles. The van der Waals surface area contributed by atoms with E-state index in [1.54, 1.807) is 7.11 Å². The standard InChI is InChI=1S/C22H27N5O2/c1-29-12-11-26-14-17-6-4-7-19(21(17)24-26)23-22(28)25-9-10-27-18(15-25)13-16-5-2-3-8-20(16)27/h2-3,5,8,13-14,19H,4,6-7,9-12,15H2,1H3,(H,23,28). The summed E-state index contributed by atoms with van der Waals surface area (Å²) in [6.07, 6.45) is 5.14. The number of fused-ring (bicyclic) bond motifs is 4. The van der Waals surface area contributed by atoms with Gasteiger partial charge in [-0.25, -0.2) is 4.79 Å². The van der Waals surface area contributed by atoms with E-state index in [0.29, 0.717) is 13.2 Å². The van der Waals surface area contributed by atoms with Gasteiger partial charge in [0.15, 0.2) is 0 Å². The zero-order valence-corrected chi connectivity index (χ0v) is 16.8. The number of methoxy groups -OCH3 is 1. The van der Waals surface area contributed by atoms with Crippen molar-refractivity contribution >= 4 is 16.9 Å². The summed E-state index contributed by atoms with van der Waals surface area (Å²) in [6.45, 7) is 3.57. The van der Waals surface area contributed by atoms with Crippen LogP contribution < -0.4 is 5.32 Å². The Labute approximate surface area is 170 Å². The fourth-order valence-electron chi connectivity index (χ4n) is 4.61. The van der Waals surface area contributed by atoms with Crippen LogP contribution in [0.25, 0.3) is 10.9 Å². The number of rotatable bonds is 4. The predicted molar refractivity (Wildman–Crippen MR) is 111 cm³/mol. The molecule has 0 radical (unpaired) electrons. The first-order chi connectivity index (χ1) is 14.2. The molecule has 0 spiro atoms. The minimum atomic E-state index is -0.0113. The normalized spacial score (nSPS) is 18.5. The van der Waals surface area contributed by atoms with E-state index in [-0.39, 0.29) is 12.1 Å². The first kappa shape index (κ1) is 18.2. The highest BCUT2D eigenvalue weighted by Crippen LogP contribution is 2.29. The van der Waals surface area contributed by atoms with Crippen molar-refractivity contribution in [3.05, 3.63) is 53.5 Å². The number of hydrogen-bond donors (Lipinski definition) is 1. The van der Waals surface area contributed by atoms with Crippen LogP contribution in [0.3, 0.4) is 0 Å². The predicted octanol–water partition coefficient (Wildman–Crippen LogP) is 3.09. The van der Waals surface area contributed by atoms with Crippen molar-refractivity contribution in [2.24, 2.45) is 0 Å². The van der Waals surface area contributed by atoms with Gasteiger partial charge >= 0.3 is 6.03 Å². The van der Waals surface area contributed by atoms with E-state index < -0.39 is 0 Å². The molecule has 152 valence electrons. The summed E-state index contributed by atoms with van der Waals surface area (Å²) in [7, 11) is 1.70. The number of aryl methyl sites for hydroxylation is 1. The van der Waals surface area contributed by atoms with Crippen LogP contribution in [0.15, 0.2) is 36.5 Å². The van der Waals surface area contributed by atoms with Crippen LogP contribution in [0.1, 0.15) is 35.8 Å². The number of hydrogen-bond acceptors (Lipinski definition) is 3. The van der Waals surface area contributed by atoms with Crippen molar-refractivity contribution in [3.63, 3.8) is 0 Å². The number of para-hydroxylation sites is 1. The van der Waals surface area contributed by atoms with Crippen molar-refractivity contribution in [3.8, 4) is 0 Å². The largest absolute Gasteiger partial charge is 0.383 e. The fourth-order valence-corrected chi connectivity index (χ4v) is 4.61. The number of carbonyl (C=O) groups is 1. The lowest BCUT2D eigenvalue weighted by Gasteiger charge is -2.31. The summed E-state index contributed by atoms with van der Waals surface area (Å²) in [6, 6.07) is 10.6. The highest BCUT2D eigenvalue weighted by atomic mass is 16.5. The highest BCUT2D eigenvalue weighted by molar-refractivity contribution is 5.82. The lowest BCUT2D eigenvalue weighted by Crippen LogP contribution is -2.45. The van der Waals surface area contributed by atoms with Gasteiger partial charge in [-0.05, 0) is 42.3 Å². The summed E-state index contributed by atoms with van der Waals surface area (Å²) in [5.74, 6) is 0. The van der Waals surface area contributed by atoms with Crippen molar-refractivity contribution in [2.75, 3.05) is 20.3 Å². The fraction of sp³-hybridized carbons (Fsp3) is 0.455. The number of nitrogens with zero attached hydrogens (tertiary/aromatic N) is 4. The van der Waals surface area contributed by atoms with Gasteiger partial charge in [0.1, 0.15) is 0 Å². The third-order valence-corrected chi connectivity index (χ3v) is 6.09. The number of aromatic nitrogens is 3. The maximum Gasteiger partial charge on any atom is 0.318 e. The SMILES string of the molecule is COCCn1cc2c(n1)C(NC(=O)N1CCn3c(cc4ccccc43)C1)CCC2. The van der Waals surface area contributed by atoms with E-state index in [2.05, 4.69) is 46.4 Å². The van der Waals surface area contributed by atoms with E-state index in [1.165, 1.54) is 22.2 Å². The van der Waals surface area contributed by atoms with Gasteiger partial charge in [-0.1, -0.05) is 18.2 Å². The maximum atomic E-state index is 13.0. The first-order valence-electron chi connectivity index (χ1n) is 10.4. The topological polar surface area (TPSA) is 64.3 Å². The Kier molecular flexibility index (Phi) is 4.75. The molecule has 0 fully saturated rings. The molecule has 5 rings (SSSR count). The molecule has 1 unspecified atom stereocenters. The smallest absolute Gasteiger partial charge is 0.318 e. The third kappa shape index (κ3) is 3.40. The van der Waals surface area contributed by atoms with Crippen molar-refractivity contribution < 1.29 is 9.53 Å². The van der Waals surface area contributed by atoms with Gasteiger partial charge in [0, 0.05) is 37.6 Å². The van der Waals surface area contributed by atoms with Gasteiger partial charge in [0.2, 0.25) is 0 Å². The monoisotopic (exact) mass is 393 g/mol. The van der Waals surface area contributed by atoms with E-state index in [4.69, 9.17) is 9.84 Å². The molecule has 1 aliphatic carbocycles. The Morgan fingerprint density at radius 3 is 3.10 bits per heavy atom. The number of benzene rings is 1. The molecule has 2 amide bonds. The van der Waals surface area contributed by atoms with Crippen LogP contribution in [0.5, 0.6) is 0 Å². The van der Waals surface area contributed by atoms with Crippen LogP contribution >= 0.6 is 0 Å². The van der Waals surface area contributed by atoms with E-state index in [1.807, 2.05) is 9.58 Å². The zero-order chi connectivity index (χ0) is 19.8. The molecule has 1 atom stereocenters. The van der Waals surface area contributed by atoms with Gasteiger partial charge in [-0.15, -0.1) is 0 Å². The van der Waals surface area contributed by atoms with Gasteiger partial charge in [0.05, 0.1) is 31.4 Å².